The highest BCUT2D eigenvalue weighted by atomic mass is 32.2. The summed E-state index contributed by atoms with van der Waals surface area (Å²) in [5.74, 6) is -1.65. The highest BCUT2D eigenvalue weighted by Gasteiger charge is 2.59. The molecule has 1 saturated heterocycles. The lowest BCUT2D eigenvalue weighted by atomic mass is 10.0. The van der Waals surface area contributed by atoms with Crippen molar-refractivity contribution in [3.05, 3.63) is 11.3 Å². The van der Waals surface area contributed by atoms with Crippen molar-refractivity contribution in [1.82, 2.24) is 10.2 Å². The normalized spacial score (nSPS) is 31.8. The number of nitrogens with one attached hydrogen (secondary N) is 1. The maximum absolute atomic E-state index is 11.8. The molecule has 3 atom stereocenters. The second-order valence-electron chi connectivity index (χ2n) is 3.82. The van der Waals surface area contributed by atoms with Crippen LogP contribution in [0.5, 0.6) is 0 Å². The first-order valence-electron chi connectivity index (χ1n) is 4.82. The van der Waals surface area contributed by atoms with Crippen molar-refractivity contribution >= 4 is 29.5 Å². The number of aliphatic carboxylic acids is 1. The van der Waals surface area contributed by atoms with Crippen molar-refractivity contribution in [3.8, 4) is 0 Å². The van der Waals surface area contributed by atoms with Crippen molar-refractivity contribution in [1.29, 1.82) is 0 Å². The van der Waals surface area contributed by atoms with Gasteiger partial charge in [-0.15, -0.1) is 0 Å². The lowest BCUT2D eigenvalue weighted by Gasteiger charge is -2.48. The Hall–Kier alpha value is -1.54. The van der Waals surface area contributed by atoms with E-state index in [4.69, 9.17) is 5.11 Å². The molecule has 2 rings (SSSR count). The first-order chi connectivity index (χ1) is 7.99. The quantitative estimate of drug-likeness (QED) is 0.359. The summed E-state index contributed by atoms with van der Waals surface area (Å²) in [4.78, 5) is 34.0. The molecule has 8 heteroatoms. The van der Waals surface area contributed by atoms with E-state index >= 15 is 0 Å². The fourth-order valence-corrected chi connectivity index (χ4v) is 3.73. The van der Waals surface area contributed by atoms with Gasteiger partial charge in [0.1, 0.15) is 11.4 Å². The number of amides is 2. The van der Waals surface area contributed by atoms with Crippen LogP contribution in [-0.2, 0) is 25.6 Å². The zero-order valence-corrected chi connectivity index (χ0v) is 9.69. The molecule has 17 heavy (non-hydrogen) atoms. The molecule has 7 nitrogen and oxygen atoms in total. The predicted molar refractivity (Wildman–Crippen MR) is 57.0 cm³/mol. The topological polar surface area (TPSA) is 110 Å². The van der Waals surface area contributed by atoms with Gasteiger partial charge >= 0.3 is 5.97 Å². The van der Waals surface area contributed by atoms with Crippen LogP contribution in [-0.4, -0.2) is 50.0 Å². The number of hydrogen-bond donors (Lipinski definition) is 2. The second-order valence-corrected chi connectivity index (χ2v) is 5.35. The van der Waals surface area contributed by atoms with Gasteiger partial charge in [-0.2, -0.15) is 0 Å². The lowest BCUT2D eigenvalue weighted by Crippen LogP contribution is -2.73. The van der Waals surface area contributed by atoms with E-state index < -0.39 is 34.5 Å². The first-order valence-corrected chi connectivity index (χ1v) is 6.20. The highest BCUT2D eigenvalue weighted by molar-refractivity contribution is 7.92. The lowest BCUT2D eigenvalue weighted by molar-refractivity contribution is -0.150. The van der Waals surface area contributed by atoms with Crippen molar-refractivity contribution in [2.45, 2.75) is 18.3 Å². The van der Waals surface area contributed by atoms with Crippen LogP contribution in [0.3, 0.4) is 0 Å². The largest absolute Gasteiger partial charge is 0.614 e. The van der Waals surface area contributed by atoms with Crippen LogP contribution in [0.1, 0.15) is 6.92 Å². The van der Waals surface area contributed by atoms with E-state index in [1.54, 1.807) is 0 Å². The molecule has 1 fully saturated rings. The fourth-order valence-electron chi connectivity index (χ4n) is 2.06. The van der Waals surface area contributed by atoms with Crippen molar-refractivity contribution in [3.63, 3.8) is 0 Å². The van der Waals surface area contributed by atoms with Gasteiger partial charge in [-0.1, -0.05) is 0 Å². The summed E-state index contributed by atoms with van der Waals surface area (Å²) in [7, 11) is 0. The summed E-state index contributed by atoms with van der Waals surface area (Å²) in [5.41, 5.74) is 0.286. The minimum Gasteiger partial charge on any atom is -0.614 e. The van der Waals surface area contributed by atoms with E-state index in [0.29, 0.717) is 12.0 Å². The minimum absolute atomic E-state index is 0.104. The Morgan fingerprint density at radius 1 is 1.71 bits per heavy atom. The number of fused-ring (bicyclic) bond motifs is 1. The van der Waals surface area contributed by atoms with E-state index in [0.717, 1.165) is 4.90 Å². The second kappa shape index (κ2) is 4.04. The highest BCUT2D eigenvalue weighted by Crippen LogP contribution is 2.36. The average Bonchev–Trinajstić information content (AvgIpc) is 2.25. The summed E-state index contributed by atoms with van der Waals surface area (Å²) < 4.78 is 11.8. The van der Waals surface area contributed by atoms with Gasteiger partial charge in [-0.05, 0) is 18.1 Å². The Morgan fingerprint density at radius 3 is 2.88 bits per heavy atom. The molecule has 2 unspecified atom stereocenters. The number of carboxylic acids is 1. The van der Waals surface area contributed by atoms with Gasteiger partial charge in [-0.3, -0.25) is 14.5 Å². The molecule has 0 spiro atoms. The summed E-state index contributed by atoms with van der Waals surface area (Å²) in [5, 5.41) is 10.5. The first kappa shape index (κ1) is 11.9. The molecule has 2 heterocycles. The molecular weight excluding hydrogens is 248 g/mol. The van der Waals surface area contributed by atoms with Crippen LogP contribution < -0.4 is 5.32 Å². The number of carbonyl (C=O) groups excluding carboxylic acids is 2. The van der Waals surface area contributed by atoms with E-state index in [9.17, 15) is 18.9 Å². The third-order valence-corrected chi connectivity index (χ3v) is 4.51. The van der Waals surface area contributed by atoms with Gasteiger partial charge in [0.15, 0.2) is 6.04 Å². The maximum Gasteiger partial charge on any atom is 0.352 e. The Morgan fingerprint density at radius 2 is 2.35 bits per heavy atom. The summed E-state index contributed by atoms with van der Waals surface area (Å²) >= 11 is -1.39. The fraction of sp³-hybridized carbons (Fsp3) is 0.444. The summed E-state index contributed by atoms with van der Waals surface area (Å²) in [6.45, 7) is 1.53. The summed E-state index contributed by atoms with van der Waals surface area (Å²) in [6.07, 6.45) is 0.350. The van der Waals surface area contributed by atoms with Gasteiger partial charge in [0, 0.05) is 5.57 Å². The average molecular weight is 258 g/mol. The predicted octanol–water partition coefficient (Wildman–Crippen LogP) is -1.61. The molecule has 2 aliphatic rings. The van der Waals surface area contributed by atoms with Crippen molar-refractivity contribution in [2.24, 2.45) is 0 Å². The zero-order chi connectivity index (χ0) is 12.7. The Kier molecular flexibility index (Phi) is 2.84. The van der Waals surface area contributed by atoms with E-state index in [2.05, 4.69) is 5.32 Å². The molecule has 0 aliphatic carbocycles. The standard InChI is InChI=1S/C9H10N2O5S/c1-4-2-17(16)8-5(10-3-12)7(13)11(8)6(4)9(14)15/h3,5,8H,2H2,1H3,(H,10,12)(H,14,15)/t5?,8-,17?/m1/s1. The van der Waals surface area contributed by atoms with Crippen molar-refractivity contribution < 1.29 is 24.0 Å². The third-order valence-electron chi connectivity index (χ3n) is 2.77. The SMILES string of the molecule is CC1=C(C(=O)O)N2C(=O)C(NC=O)[C@H]2[S+]([O-])C1. The molecule has 2 aliphatic heterocycles. The number of carboxylic acid groups (broad SMARTS) is 1. The molecule has 0 bridgehead atoms. The monoisotopic (exact) mass is 258 g/mol. The Balaban J connectivity index is 2.35. The number of carbonyl (C=O) groups is 3. The maximum atomic E-state index is 11.8. The zero-order valence-electron chi connectivity index (χ0n) is 8.87. The van der Waals surface area contributed by atoms with E-state index in [-0.39, 0.29) is 11.4 Å². The van der Waals surface area contributed by atoms with Crippen LogP contribution in [0.2, 0.25) is 0 Å². The molecule has 2 N–H and O–H groups in total. The summed E-state index contributed by atoms with van der Waals surface area (Å²) in [6, 6.07) is -0.879. The van der Waals surface area contributed by atoms with Gasteiger partial charge < -0.3 is 15.0 Å². The molecule has 0 radical (unpaired) electrons. The molecular formula is C9H10N2O5S. The number of nitrogens with zero attached hydrogens (tertiary/aromatic N) is 1. The van der Waals surface area contributed by atoms with Crippen LogP contribution >= 0.6 is 0 Å². The van der Waals surface area contributed by atoms with Crippen LogP contribution in [0.15, 0.2) is 11.3 Å². The molecule has 0 saturated carbocycles. The minimum atomic E-state index is -1.39. The van der Waals surface area contributed by atoms with E-state index in [1.807, 2.05) is 0 Å². The Bertz CT molecular complexity index is 435. The number of hydrogen-bond acceptors (Lipinski definition) is 4. The number of β-lactam (4-membered cyclic amide) rings is 1. The smallest absolute Gasteiger partial charge is 0.352 e. The number of rotatable bonds is 3. The third kappa shape index (κ3) is 1.60. The molecule has 0 aromatic carbocycles. The van der Waals surface area contributed by atoms with Crippen molar-refractivity contribution in [2.75, 3.05) is 5.75 Å². The van der Waals surface area contributed by atoms with Gasteiger partial charge in [0.25, 0.3) is 5.91 Å². The molecule has 2 amide bonds. The van der Waals surface area contributed by atoms with E-state index in [1.165, 1.54) is 6.92 Å². The molecule has 0 aromatic rings. The van der Waals surface area contributed by atoms with Crippen LogP contribution in [0, 0.1) is 0 Å². The molecule has 0 aromatic heterocycles. The van der Waals surface area contributed by atoms with Gasteiger partial charge in [-0.25, -0.2) is 4.79 Å². The van der Waals surface area contributed by atoms with Gasteiger partial charge in [0.2, 0.25) is 11.8 Å². The van der Waals surface area contributed by atoms with Crippen LogP contribution in [0.4, 0.5) is 0 Å². The van der Waals surface area contributed by atoms with Crippen LogP contribution in [0.25, 0.3) is 0 Å². The van der Waals surface area contributed by atoms with Gasteiger partial charge in [0.05, 0.1) is 0 Å². The molecule has 92 valence electrons. The Labute approximate surface area is 99.6 Å².